The van der Waals surface area contributed by atoms with E-state index in [0.29, 0.717) is 6.07 Å². The molecule has 1 atom stereocenters. The van der Waals surface area contributed by atoms with Gasteiger partial charge in [0, 0.05) is 6.54 Å². The van der Waals surface area contributed by atoms with Gasteiger partial charge in [-0.2, -0.15) is 0 Å². The van der Waals surface area contributed by atoms with E-state index < -0.39 is 32.7 Å². The third-order valence-electron chi connectivity index (χ3n) is 2.83. The molecule has 0 saturated heterocycles. The number of nitrogens with one attached hydrogen (secondary N) is 1. The average Bonchev–Trinajstić information content (AvgIpc) is 3.13. The van der Waals surface area contributed by atoms with Gasteiger partial charge in [0.1, 0.15) is 16.5 Å². The Morgan fingerprint density at radius 3 is 2.67 bits per heavy atom. The highest BCUT2D eigenvalue weighted by Gasteiger charge is 2.31. The first kappa shape index (κ1) is 13.4. The molecule has 2 N–H and O–H groups in total. The zero-order valence-electron chi connectivity index (χ0n) is 9.44. The van der Waals surface area contributed by atoms with Crippen molar-refractivity contribution in [2.45, 2.75) is 23.8 Å². The number of aliphatic hydroxyl groups is 1. The first-order valence-electron chi connectivity index (χ1n) is 5.53. The van der Waals surface area contributed by atoms with Crippen molar-refractivity contribution in [1.82, 2.24) is 4.72 Å². The van der Waals surface area contributed by atoms with Crippen molar-refractivity contribution in [3.63, 3.8) is 0 Å². The quantitative estimate of drug-likeness (QED) is 0.844. The van der Waals surface area contributed by atoms with Crippen LogP contribution in [0.3, 0.4) is 0 Å². The molecule has 0 bridgehead atoms. The van der Waals surface area contributed by atoms with Gasteiger partial charge in [-0.1, -0.05) is 0 Å². The highest BCUT2D eigenvalue weighted by Crippen LogP contribution is 2.32. The van der Waals surface area contributed by atoms with E-state index in [1.807, 2.05) is 0 Å². The van der Waals surface area contributed by atoms with E-state index >= 15 is 0 Å². The van der Waals surface area contributed by atoms with Crippen molar-refractivity contribution < 1.29 is 22.3 Å². The lowest BCUT2D eigenvalue weighted by atomic mass is 10.2. The van der Waals surface area contributed by atoms with E-state index in [2.05, 4.69) is 4.72 Å². The normalized spacial score (nSPS) is 17.7. The standard InChI is InChI=1S/C11H13F2NO3S/c12-8-3-4-9(13)11(5-8)18(16,17)14-6-10(15)7-1-2-7/h3-5,7,10,14-15H,1-2,6H2. The van der Waals surface area contributed by atoms with Crippen LogP contribution in [-0.4, -0.2) is 26.2 Å². The molecule has 0 radical (unpaired) electrons. The Balaban J connectivity index is 2.11. The van der Waals surface area contributed by atoms with Crippen LogP contribution in [0.4, 0.5) is 8.78 Å². The van der Waals surface area contributed by atoms with Crippen molar-refractivity contribution in [2.24, 2.45) is 5.92 Å². The van der Waals surface area contributed by atoms with Gasteiger partial charge in [0.05, 0.1) is 6.10 Å². The lowest BCUT2D eigenvalue weighted by molar-refractivity contribution is 0.155. The second-order valence-corrected chi connectivity index (χ2v) is 6.07. The Labute approximate surface area is 104 Å². The van der Waals surface area contributed by atoms with Crippen LogP contribution < -0.4 is 4.72 Å². The molecule has 0 aliphatic heterocycles. The molecule has 7 heteroatoms. The Bertz CT molecular complexity index is 543. The zero-order valence-corrected chi connectivity index (χ0v) is 10.3. The molecule has 2 rings (SSSR count). The molecule has 100 valence electrons. The van der Waals surface area contributed by atoms with E-state index in [4.69, 9.17) is 0 Å². The Morgan fingerprint density at radius 2 is 2.06 bits per heavy atom. The summed E-state index contributed by atoms with van der Waals surface area (Å²) in [5.41, 5.74) is 0. The van der Waals surface area contributed by atoms with E-state index in [0.717, 1.165) is 25.0 Å². The largest absolute Gasteiger partial charge is 0.391 e. The summed E-state index contributed by atoms with van der Waals surface area (Å²) in [7, 11) is -4.14. The molecule has 1 aliphatic rings. The van der Waals surface area contributed by atoms with Crippen LogP contribution in [0.5, 0.6) is 0 Å². The van der Waals surface area contributed by atoms with Gasteiger partial charge in [0.2, 0.25) is 10.0 Å². The highest BCUT2D eigenvalue weighted by atomic mass is 32.2. The molecule has 1 saturated carbocycles. The molecule has 4 nitrogen and oxygen atoms in total. The van der Waals surface area contributed by atoms with Crippen LogP contribution in [-0.2, 0) is 10.0 Å². The van der Waals surface area contributed by atoms with Crippen molar-refractivity contribution in [3.05, 3.63) is 29.8 Å². The number of halogens is 2. The topological polar surface area (TPSA) is 66.4 Å². The molecule has 0 amide bonds. The molecule has 0 spiro atoms. The maximum Gasteiger partial charge on any atom is 0.243 e. The second kappa shape index (κ2) is 4.91. The lowest BCUT2D eigenvalue weighted by Crippen LogP contribution is -2.33. The Morgan fingerprint density at radius 1 is 1.39 bits per heavy atom. The van der Waals surface area contributed by atoms with Crippen LogP contribution in [0.2, 0.25) is 0 Å². The molecular formula is C11H13F2NO3S. The van der Waals surface area contributed by atoms with Crippen LogP contribution >= 0.6 is 0 Å². The minimum absolute atomic E-state index is 0.102. The SMILES string of the molecule is O=S(=O)(NCC(O)C1CC1)c1cc(F)ccc1F. The van der Waals surface area contributed by atoms with E-state index in [-0.39, 0.29) is 12.5 Å². The maximum atomic E-state index is 13.3. The van der Waals surface area contributed by atoms with E-state index in [1.165, 1.54) is 0 Å². The molecule has 0 aromatic heterocycles. The van der Waals surface area contributed by atoms with Crippen molar-refractivity contribution in [3.8, 4) is 0 Å². The summed E-state index contributed by atoms with van der Waals surface area (Å²) in [5, 5.41) is 9.53. The number of hydrogen-bond donors (Lipinski definition) is 2. The summed E-state index contributed by atoms with van der Waals surface area (Å²) in [6.07, 6.45) is 0.936. The Hall–Kier alpha value is -1.05. The molecule has 1 fully saturated rings. The van der Waals surface area contributed by atoms with Crippen molar-refractivity contribution >= 4 is 10.0 Å². The molecule has 1 aromatic carbocycles. The molecule has 0 heterocycles. The highest BCUT2D eigenvalue weighted by molar-refractivity contribution is 7.89. The zero-order chi connectivity index (χ0) is 13.3. The summed E-state index contributed by atoms with van der Waals surface area (Å²) in [5.74, 6) is -1.76. The predicted octanol–water partition coefficient (Wildman–Crippen LogP) is 1.01. The van der Waals surface area contributed by atoms with Gasteiger partial charge in [-0.15, -0.1) is 0 Å². The van der Waals surface area contributed by atoms with Gasteiger partial charge in [-0.25, -0.2) is 21.9 Å². The molecule has 18 heavy (non-hydrogen) atoms. The van der Waals surface area contributed by atoms with Gasteiger partial charge >= 0.3 is 0 Å². The molecule has 1 unspecified atom stereocenters. The van der Waals surface area contributed by atoms with Crippen molar-refractivity contribution in [1.29, 1.82) is 0 Å². The maximum absolute atomic E-state index is 13.3. The van der Waals surface area contributed by atoms with Gasteiger partial charge in [0.15, 0.2) is 0 Å². The summed E-state index contributed by atoms with van der Waals surface area (Å²) < 4.78 is 51.7. The monoisotopic (exact) mass is 277 g/mol. The fraction of sp³-hybridized carbons (Fsp3) is 0.455. The van der Waals surface area contributed by atoms with Gasteiger partial charge in [0.25, 0.3) is 0 Å². The van der Waals surface area contributed by atoms with Gasteiger partial charge in [-0.05, 0) is 37.0 Å². The second-order valence-electron chi connectivity index (χ2n) is 4.33. The third kappa shape index (κ3) is 3.04. The van der Waals surface area contributed by atoms with Gasteiger partial charge in [-0.3, -0.25) is 0 Å². The number of rotatable bonds is 5. The average molecular weight is 277 g/mol. The fourth-order valence-corrected chi connectivity index (χ4v) is 2.74. The van der Waals surface area contributed by atoms with Crippen LogP contribution in [0.25, 0.3) is 0 Å². The Kier molecular flexibility index (Phi) is 3.65. The van der Waals surface area contributed by atoms with Crippen LogP contribution in [0.1, 0.15) is 12.8 Å². The third-order valence-corrected chi connectivity index (χ3v) is 4.27. The smallest absolute Gasteiger partial charge is 0.243 e. The van der Waals surface area contributed by atoms with Gasteiger partial charge < -0.3 is 5.11 Å². The molecular weight excluding hydrogens is 264 g/mol. The lowest BCUT2D eigenvalue weighted by Gasteiger charge is -2.11. The predicted molar refractivity (Wildman–Crippen MR) is 60.3 cm³/mol. The van der Waals surface area contributed by atoms with Crippen molar-refractivity contribution in [2.75, 3.05) is 6.54 Å². The van der Waals surface area contributed by atoms with Crippen LogP contribution in [0, 0.1) is 17.6 Å². The number of hydrogen-bond acceptors (Lipinski definition) is 3. The van der Waals surface area contributed by atoms with E-state index in [1.54, 1.807) is 0 Å². The summed E-state index contributed by atoms with van der Waals surface area (Å²) >= 11 is 0. The molecule has 1 aliphatic carbocycles. The first-order valence-corrected chi connectivity index (χ1v) is 7.01. The summed E-state index contributed by atoms with van der Waals surface area (Å²) in [6, 6.07) is 2.20. The summed E-state index contributed by atoms with van der Waals surface area (Å²) in [6.45, 7) is -0.192. The van der Waals surface area contributed by atoms with Crippen LogP contribution in [0.15, 0.2) is 23.1 Å². The molecule has 1 aromatic rings. The number of aliphatic hydroxyl groups excluding tert-OH is 1. The fourth-order valence-electron chi connectivity index (χ4n) is 1.60. The first-order chi connectivity index (χ1) is 8.40. The minimum atomic E-state index is -4.14. The minimum Gasteiger partial charge on any atom is -0.391 e. The number of benzene rings is 1. The van der Waals surface area contributed by atoms with E-state index in [9.17, 15) is 22.3 Å². The summed E-state index contributed by atoms with van der Waals surface area (Å²) in [4.78, 5) is -0.745. The number of sulfonamides is 1.